The smallest absolute Gasteiger partial charge is 0.257 e. The van der Waals surface area contributed by atoms with Crippen LogP contribution in [0.1, 0.15) is 17.8 Å². The number of likely N-dealkylation sites (tertiary alicyclic amines) is 1. The van der Waals surface area contributed by atoms with Crippen LogP contribution in [0, 0.1) is 6.92 Å². The van der Waals surface area contributed by atoms with Crippen molar-refractivity contribution in [2.75, 3.05) is 18.4 Å². The molecule has 2 N–H and O–H groups in total. The maximum atomic E-state index is 10.5. The number of benzene rings is 1. The minimum Gasteiger partial charge on any atom is -0.390 e. The van der Waals surface area contributed by atoms with Gasteiger partial charge in [-0.2, -0.15) is 4.98 Å². The predicted molar refractivity (Wildman–Crippen MR) is 99.8 cm³/mol. The van der Waals surface area contributed by atoms with Gasteiger partial charge in [-0.3, -0.25) is 4.90 Å². The van der Waals surface area contributed by atoms with Crippen molar-refractivity contribution in [1.29, 1.82) is 0 Å². The number of β-amino-alcohol motifs (C(OH)–C–C–N with tert-alkyl or cyclic N) is 1. The highest BCUT2D eigenvalue weighted by molar-refractivity contribution is 5.53. The van der Waals surface area contributed by atoms with E-state index in [1.54, 1.807) is 18.5 Å². The minimum absolute atomic E-state index is 0.0722. The summed E-state index contributed by atoms with van der Waals surface area (Å²) in [6.45, 7) is 3.92. The molecule has 140 valence electrons. The molecule has 3 heterocycles. The maximum Gasteiger partial charge on any atom is 0.257 e. The summed E-state index contributed by atoms with van der Waals surface area (Å²) in [5, 5.41) is 17.7. The number of aliphatic hydroxyl groups excluding tert-OH is 1. The first kappa shape index (κ1) is 17.6. The number of nitrogens with one attached hydrogen (secondary N) is 1. The molecule has 27 heavy (non-hydrogen) atoms. The third-order valence-corrected chi connectivity index (χ3v) is 4.68. The van der Waals surface area contributed by atoms with Crippen molar-refractivity contribution < 1.29 is 9.63 Å². The van der Waals surface area contributed by atoms with Crippen molar-refractivity contribution in [2.24, 2.45) is 0 Å². The first-order valence-corrected chi connectivity index (χ1v) is 9.01. The van der Waals surface area contributed by atoms with Gasteiger partial charge in [0.05, 0.1) is 18.7 Å². The Labute approximate surface area is 157 Å². The molecule has 1 fully saturated rings. The number of hydrogen-bond donors (Lipinski definition) is 2. The summed E-state index contributed by atoms with van der Waals surface area (Å²) in [5.74, 6) is 1.68. The Morgan fingerprint density at radius 3 is 2.74 bits per heavy atom. The third-order valence-electron chi connectivity index (χ3n) is 4.68. The molecule has 2 unspecified atom stereocenters. The van der Waals surface area contributed by atoms with Crippen LogP contribution in [-0.2, 0) is 6.54 Å². The van der Waals surface area contributed by atoms with E-state index < -0.39 is 6.10 Å². The Morgan fingerprint density at radius 1 is 1.22 bits per heavy atom. The summed E-state index contributed by atoms with van der Waals surface area (Å²) in [6.07, 6.45) is 3.62. The molecule has 3 aromatic rings. The highest BCUT2D eigenvalue weighted by atomic mass is 16.5. The summed E-state index contributed by atoms with van der Waals surface area (Å²) in [5.41, 5.74) is 2.09. The van der Waals surface area contributed by atoms with E-state index in [1.807, 2.05) is 31.2 Å². The van der Waals surface area contributed by atoms with Crippen LogP contribution < -0.4 is 5.32 Å². The van der Waals surface area contributed by atoms with Gasteiger partial charge in [0.25, 0.3) is 5.89 Å². The SMILES string of the molecule is Cc1ccc(-c2nc(CN3CCC(Nc4ncccn4)C(O)C3)no2)cc1. The van der Waals surface area contributed by atoms with Gasteiger partial charge >= 0.3 is 0 Å². The van der Waals surface area contributed by atoms with Gasteiger partial charge in [0, 0.05) is 31.0 Å². The van der Waals surface area contributed by atoms with Crippen LogP contribution in [0.25, 0.3) is 11.5 Å². The van der Waals surface area contributed by atoms with Crippen LogP contribution in [0.3, 0.4) is 0 Å². The molecule has 4 rings (SSSR count). The number of piperidine rings is 1. The second kappa shape index (κ2) is 7.81. The van der Waals surface area contributed by atoms with E-state index >= 15 is 0 Å². The van der Waals surface area contributed by atoms with Gasteiger partial charge in [-0.25, -0.2) is 9.97 Å². The standard InChI is InChI=1S/C19H22N6O2/c1-13-3-5-14(6-4-13)18-23-17(24-27-18)12-25-10-7-15(16(26)11-25)22-19-20-8-2-9-21-19/h2-6,8-9,15-16,26H,7,10-12H2,1H3,(H,20,21,22). The maximum absolute atomic E-state index is 10.5. The number of rotatable bonds is 5. The van der Waals surface area contributed by atoms with Crippen LogP contribution in [0.2, 0.25) is 0 Å². The fraction of sp³-hybridized carbons (Fsp3) is 0.368. The zero-order chi connectivity index (χ0) is 18.6. The van der Waals surface area contributed by atoms with Crippen molar-refractivity contribution in [1.82, 2.24) is 25.0 Å². The fourth-order valence-corrected chi connectivity index (χ4v) is 3.18. The zero-order valence-electron chi connectivity index (χ0n) is 15.1. The molecule has 0 radical (unpaired) electrons. The lowest BCUT2D eigenvalue weighted by Crippen LogP contribution is -2.49. The van der Waals surface area contributed by atoms with Crippen LogP contribution in [0.5, 0.6) is 0 Å². The molecule has 0 aliphatic carbocycles. The average Bonchev–Trinajstić information content (AvgIpc) is 3.14. The van der Waals surface area contributed by atoms with E-state index in [0.29, 0.717) is 30.8 Å². The van der Waals surface area contributed by atoms with Crippen LogP contribution in [0.4, 0.5) is 5.95 Å². The molecular weight excluding hydrogens is 344 g/mol. The number of anilines is 1. The first-order chi connectivity index (χ1) is 13.2. The summed E-state index contributed by atoms with van der Waals surface area (Å²) in [6, 6.07) is 9.67. The molecular formula is C19H22N6O2. The van der Waals surface area contributed by atoms with Gasteiger partial charge in [-0.1, -0.05) is 22.9 Å². The molecule has 8 nitrogen and oxygen atoms in total. The van der Waals surface area contributed by atoms with Gasteiger partial charge in [-0.15, -0.1) is 0 Å². The number of aliphatic hydroxyl groups is 1. The molecule has 0 amide bonds. The van der Waals surface area contributed by atoms with E-state index in [4.69, 9.17) is 4.52 Å². The molecule has 2 aromatic heterocycles. The molecule has 1 aliphatic rings. The number of aromatic nitrogens is 4. The monoisotopic (exact) mass is 366 g/mol. The van der Waals surface area contributed by atoms with E-state index in [1.165, 1.54) is 5.56 Å². The van der Waals surface area contributed by atoms with Gasteiger partial charge in [0.1, 0.15) is 0 Å². The average molecular weight is 366 g/mol. The number of hydrogen-bond acceptors (Lipinski definition) is 8. The van der Waals surface area contributed by atoms with E-state index in [0.717, 1.165) is 18.5 Å². The number of nitrogens with zero attached hydrogens (tertiary/aromatic N) is 5. The van der Waals surface area contributed by atoms with Crippen LogP contribution >= 0.6 is 0 Å². The summed E-state index contributed by atoms with van der Waals surface area (Å²) in [4.78, 5) is 14.9. The Kier molecular flexibility index (Phi) is 5.08. The predicted octanol–water partition coefficient (Wildman–Crippen LogP) is 1.88. The van der Waals surface area contributed by atoms with Crippen molar-refractivity contribution in [3.05, 3.63) is 54.1 Å². The van der Waals surface area contributed by atoms with Crippen molar-refractivity contribution in [2.45, 2.75) is 32.0 Å². The molecule has 0 bridgehead atoms. The Morgan fingerprint density at radius 2 is 2.00 bits per heavy atom. The van der Waals surface area contributed by atoms with E-state index in [-0.39, 0.29) is 6.04 Å². The summed E-state index contributed by atoms with van der Waals surface area (Å²) < 4.78 is 5.38. The van der Waals surface area contributed by atoms with Crippen molar-refractivity contribution in [3.8, 4) is 11.5 Å². The van der Waals surface area contributed by atoms with E-state index in [2.05, 4.69) is 30.3 Å². The topological polar surface area (TPSA) is 100 Å². The Balaban J connectivity index is 1.34. The molecule has 0 spiro atoms. The van der Waals surface area contributed by atoms with Gasteiger partial charge in [-0.05, 0) is 31.5 Å². The summed E-state index contributed by atoms with van der Waals surface area (Å²) >= 11 is 0. The molecule has 1 aromatic carbocycles. The highest BCUT2D eigenvalue weighted by Gasteiger charge is 2.29. The summed E-state index contributed by atoms with van der Waals surface area (Å²) in [7, 11) is 0. The van der Waals surface area contributed by atoms with Gasteiger partial charge in [0.2, 0.25) is 5.95 Å². The second-order valence-electron chi connectivity index (χ2n) is 6.80. The highest BCUT2D eigenvalue weighted by Crippen LogP contribution is 2.20. The third kappa shape index (κ3) is 4.29. The van der Waals surface area contributed by atoms with Crippen LogP contribution in [-0.4, -0.2) is 55.4 Å². The molecule has 1 saturated heterocycles. The zero-order valence-corrected chi connectivity index (χ0v) is 15.1. The Hall–Kier alpha value is -2.84. The molecule has 1 aliphatic heterocycles. The molecule has 2 atom stereocenters. The fourth-order valence-electron chi connectivity index (χ4n) is 3.18. The molecule has 0 saturated carbocycles. The van der Waals surface area contributed by atoms with Crippen molar-refractivity contribution >= 4 is 5.95 Å². The Bertz CT molecular complexity index is 867. The lowest BCUT2D eigenvalue weighted by atomic mass is 10.0. The second-order valence-corrected chi connectivity index (χ2v) is 6.80. The normalized spacial score (nSPS) is 20.5. The van der Waals surface area contributed by atoms with Gasteiger partial charge in [0.15, 0.2) is 5.82 Å². The van der Waals surface area contributed by atoms with E-state index in [9.17, 15) is 5.11 Å². The van der Waals surface area contributed by atoms with Crippen LogP contribution in [0.15, 0.2) is 47.2 Å². The van der Waals surface area contributed by atoms with Gasteiger partial charge < -0.3 is 14.9 Å². The first-order valence-electron chi connectivity index (χ1n) is 9.01. The lowest BCUT2D eigenvalue weighted by Gasteiger charge is -2.35. The molecule has 8 heteroatoms. The minimum atomic E-state index is -0.522. The quantitative estimate of drug-likeness (QED) is 0.706. The lowest BCUT2D eigenvalue weighted by molar-refractivity contribution is 0.0543. The van der Waals surface area contributed by atoms with Crippen molar-refractivity contribution in [3.63, 3.8) is 0 Å². The number of aryl methyl sites for hydroxylation is 1. The largest absolute Gasteiger partial charge is 0.390 e.